The largest absolute Gasteiger partial charge is 0.381 e. The minimum absolute atomic E-state index is 0.239. The topological polar surface area (TPSA) is 39.2 Å². The summed E-state index contributed by atoms with van der Waals surface area (Å²) in [7, 11) is 0. The first kappa shape index (κ1) is 8.56. The number of ketones is 1. The number of aryl methyl sites for hydroxylation is 1. The second kappa shape index (κ2) is 2.87. The van der Waals surface area contributed by atoms with Crippen molar-refractivity contribution in [2.24, 2.45) is 17.8 Å². The Kier molecular flexibility index (Phi) is 1.76. The molecule has 3 rings (SSSR count). The normalized spacial score (nSPS) is 34.2. The second-order valence-corrected chi connectivity index (χ2v) is 4.89. The molecule has 1 saturated carbocycles. The number of fused-ring (bicyclic) bond motifs is 1. The Hall–Kier alpha value is -0.740. The van der Waals surface area contributed by atoms with Crippen LogP contribution in [-0.4, -0.2) is 23.4 Å². The standard InChI is InChI=1S/C10H11NO2S/c1-5-2-8(14-11-5)10(12)9-6-3-13-4-7(6)9/h2,6-7,9H,3-4H2,1H3. The molecule has 0 N–H and O–H groups in total. The van der Waals surface area contributed by atoms with Gasteiger partial charge in [-0.1, -0.05) is 0 Å². The Balaban J connectivity index is 1.78. The Labute approximate surface area is 86.3 Å². The summed E-state index contributed by atoms with van der Waals surface area (Å²) in [5.74, 6) is 1.53. The van der Waals surface area contributed by atoms with Gasteiger partial charge in [-0.2, -0.15) is 4.37 Å². The van der Waals surface area contributed by atoms with Crippen molar-refractivity contribution < 1.29 is 9.53 Å². The summed E-state index contributed by atoms with van der Waals surface area (Å²) in [6.07, 6.45) is 0. The molecule has 0 bridgehead atoms. The fourth-order valence-electron chi connectivity index (χ4n) is 2.27. The van der Waals surface area contributed by atoms with Gasteiger partial charge < -0.3 is 4.74 Å². The van der Waals surface area contributed by atoms with Crippen LogP contribution in [0.25, 0.3) is 0 Å². The summed E-state index contributed by atoms with van der Waals surface area (Å²) in [4.78, 5) is 12.8. The highest BCUT2D eigenvalue weighted by atomic mass is 32.1. The molecule has 1 aromatic rings. The lowest BCUT2D eigenvalue weighted by molar-refractivity contribution is 0.0897. The fourth-order valence-corrected chi connectivity index (χ4v) is 3.02. The van der Waals surface area contributed by atoms with Crippen LogP contribution in [-0.2, 0) is 4.74 Å². The molecule has 14 heavy (non-hydrogen) atoms. The highest BCUT2D eigenvalue weighted by molar-refractivity contribution is 7.08. The number of nitrogens with zero attached hydrogens (tertiary/aromatic N) is 1. The van der Waals surface area contributed by atoms with Gasteiger partial charge in [0.25, 0.3) is 0 Å². The first-order valence-electron chi connectivity index (χ1n) is 4.82. The Morgan fingerprint density at radius 2 is 2.29 bits per heavy atom. The van der Waals surface area contributed by atoms with Crippen LogP contribution in [0.15, 0.2) is 6.07 Å². The maximum Gasteiger partial charge on any atom is 0.178 e. The van der Waals surface area contributed by atoms with Gasteiger partial charge in [-0.15, -0.1) is 0 Å². The maximum absolute atomic E-state index is 11.9. The van der Waals surface area contributed by atoms with Gasteiger partial charge in [-0.05, 0) is 36.4 Å². The number of hydrogen-bond acceptors (Lipinski definition) is 4. The number of Topliss-reactive ketones (excluding diaryl/α,β-unsaturated/α-hetero) is 1. The van der Waals surface area contributed by atoms with E-state index in [9.17, 15) is 4.79 Å². The third kappa shape index (κ3) is 1.14. The molecule has 2 unspecified atom stereocenters. The minimum Gasteiger partial charge on any atom is -0.381 e. The van der Waals surface area contributed by atoms with E-state index in [-0.39, 0.29) is 11.7 Å². The number of carbonyl (C=O) groups excluding carboxylic acids is 1. The lowest BCUT2D eigenvalue weighted by atomic mass is 10.1. The van der Waals surface area contributed by atoms with Gasteiger partial charge in [0.05, 0.1) is 23.8 Å². The Morgan fingerprint density at radius 3 is 2.86 bits per heavy atom. The van der Waals surface area contributed by atoms with E-state index in [2.05, 4.69) is 4.37 Å². The maximum atomic E-state index is 11.9. The van der Waals surface area contributed by atoms with Crippen LogP contribution < -0.4 is 0 Å². The molecular formula is C10H11NO2S. The zero-order valence-electron chi connectivity index (χ0n) is 7.90. The van der Waals surface area contributed by atoms with E-state index in [4.69, 9.17) is 4.74 Å². The van der Waals surface area contributed by atoms with Gasteiger partial charge in [-0.25, -0.2) is 0 Å². The van der Waals surface area contributed by atoms with E-state index in [1.165, 1.54) is 11.5 Å². The van der Waals surface area contributed by atoms with Crippen molar-refractivity contribution >= 4 is 17.3 Å². The van der Waals surface area contributed by atoms with Crippen molar-refractivity contribution in [1.29, 1.82) is 0 Å². The summed E-state index contributed by atoms with van der Waals surface area (Å²) >= 11 is 1.32. The molecule has 3 nitrogen and oxygen atoms in total. The van der Waals surface area contributed by atoms with E-state index < -0.39 is 0 Å². The summed E-state index contributed by atoms with van der Waals surface area (Å²) in [5.41, 5.74) is 0.945. The third-order valence-electron chi connectivity index (χ3n) is 3.13. The average Bonchev–Trinajstić information content (AvgIpc) is 2.56. The third-order valence-corrected chi connectivity index (χ3v) is 4.02. The summed E-state index contributed by atoms with van der Waals surface area (Å²) < 4.78 is 9.39. The lowest BCUT2D eigenvalue weighted by Gasteiger charge is -2.00. The van der Waals surface area contributed by atoms with Crippen LogP contribution in [0.4, 0.5) is 0 Å². The Morgan fingerprint density at radius 1 is 1.57 bits per heavy atom. The summed E-state index contributed by atoms with van der Waals surface area (Å²) in [6.45, 7) is 3.47. The molecule has 0 aromatic carbocycles. The SMILES string of the molecule is Cc1cc(C(=O)C2C3COCC32)sn1. The van der Waals surface area contributed by atoms with E-state index >= 15 is 0 Å². The minimum atomic E-state index is 0.239. The molecular weight excluding hydrogens is 198 g/mol. The summed E-state index contributed by atoms with van der Waals surface area (Å²) in [6, 6.07) is 1.89. The van der Waals surface area contributed by atoms with Crippen LogP contribution in [0.5, 0.6) is 0 Å². The van der Waals surface area contributed by atoms with Gasteiger partial charge in [-0.3, -0.25) is 4.79 Å². The molecule has 1 aliphatic heterocycles. The molecule has 0 radical (unpaired) electrons. The summed E-state index contributed by atoms with van der Waals surface area (Å²) in [5, 5.41) is 0. The van der Waals surface area contributed by atoms with Gasteiger partial charge >= 0.3 is 0 Å². The molecule has 1 aliphatic carbocycles. The Bertz CT molecular complexity index is 377. The van der Waals surface area contributed by atoms with Crippen molar-refractivity contribution in [1.82, 2.24) is 4.37 Å². The molecule has 2 atom stereocenters. The van der Waals surface area contributed by atoms with E-state index in [1.54, 1.807) is 0 Å². The van der Waals surface area contributed by atoms with Gasteiger partial charge in [0.1, 0.15) is 0 Å². The first-order valence-corrected chi connectivity index (χ1v) is 5.60. The number of carbonyl (C=O) groups is 1. The van der Waals surface area contributed by atoms with Crippen LogP contribution >= 0.6 is 11.5 Å². The lowest BCUT2D eigenvalue weighted by Crippen LogP contribution is -2.08. The fraction of sp³-hybridized carbons (Fsp3) is 0.600. The number of hydrogen-bond donors (Lipinski definition) is 0. The average molecular weight is 209 g/mol. The molecule has 1 saturated heterocycles. The molecule has 2 heterocycles. The van der Waals surface area contributed by atoms with Crippen molar-refractivity contribution in [3.8, 4) is 0 Å². The number of ether oxygens (including phenoxy) is 1. The van der Waals surface area contributed by atoms with Gasteiger partial charge in [0, 0.05) is 5.92 Å². The highest BCUT2D eigenvalue weighted by Gasteiger charge is 2.58. The van der Waals surface area contributed by atoms with Crippen molar-refractivity contribution in [3.63, 3.8) is 0 Å². The first-order chi connectivity index (χ1) is 6.77. The van der Waals surface area contributed by atoms with Crippen LogP contribution in [0, 0.1) is 24.7 Å². The number of aromatic nitrogens is 1. The predicted octanol–water partition coefficient (Wildman–Crippen LogP) is 1.53. The van der Waals surface area contributed by atoms with Gasteiger partial charge in [0.2, 0.25) is 0 Å². The van der Waals surface area contributed by atoms with E-state index in [1.807, 2.05) is 13.0 Å². The highest BCUT2D eigenvalue weighted by Crippen LogP contribution is 2.52. The smallest absolute Gasteiger partial charge is 0.178 e. The van der Waals surface area contributed by atoms with E-state index in [0.29, 0.717) is 11.8 Å². The predicted molar refractivity (Wildman–Crippen MR) is 52.5 cm³/mol. The zero-order chi connectivity index (χ0) is 9.71. The molecule has 2 aliphatic rings. The van der Waals surface area contributed by atoms with Crippen LogP contribution in [0.3, 0.4) is 0 Å². The molecule has 74 valence electrons. The molecule has 2 fully saturated rings. The van der Waals surface area contributed by atoms with Crippen molar-refractivity contribution in [2.45, 2.75) is 6.92 Å². The molecule has 1 aromatic heterocycles. The molecule has 4 heteroatoms. The number of rotatable bonds is 2. The van der Waals surface area contributed by atoms with Crippen molar-refractivity contribution in [2.75, 3.05) is 13.2 Å². The second-order valence-electron chi connectivity index (χ2n) is 4.09. The van der Waals surface area contributed by atoms with Crippen LogP contribution in [0.2, 0.25) is 0 Å². The quantitative estimate of drug-likeness (QED) is 0.693. The van der Waals surface area contributed by atoms with Crippen LogP contribution in [0.1, 0.15) is 15.4 Å². The zero-order valence-corrected chi connectivity index (χ0v) is 8.71. The molecule has 0 spiro atoms. The monoisotopic (exact) mass is 209 g/mol. The molecule has 0 amide bonds. The van der Waals surface area contributed by atoms with Gasteiger partial charge in [0.15, 0.2) is 5.78 Å². The van der Waals surface area contributed by atoms with E-state index in [0.717, 1.165) is 23.8 Å². The van der Waals surface area contributed by atoms with Crippen molar-refractivity contribution in [3.05, 3.63) is 16.6 Å².